The number of hydrogen-bond acceptors (Lipinski definition) is 5. The van der Waals surface area contributed by atoms with Gasteiger partial charge in [-0.2, -0.15) is 0 Å². The summed E-state index contributed by atoms with van der Waals surface area (Å²) in [6.07, 6.45) is 3.99. The predicted octanol–water partition coefficient (Wildman–Crippen LogP) is 4.88. The Bertz CT molecular complexity index is 572. The third-order valence-electron chi connectivity index (χ3n) is 2.68. The first-order valence-electron chi connectivity index (χ1n) is 6.78. The number of aromatic nitrogens is 1. The average Bonchev–Trinajstić information content (AvgIpc) is 2.87. The zero-order valence-electron chi connectivity index (χ0n) is 11.8. The van der Waals surface area contributed by atoms with Gasteiger partial charge in [-0.1, -0.05) is 43.7 Å². The number of ether oxygens (including phenoxy) is 1. The first-order valence-corrected chi connectivity index (χ1v) is 8.52. The van der Waals surface area contributed by atoms with Crippen molar-refractivity contribution in [1.82, 2.24) is 5.16 Å². The van der Waals surface area contributed by atoms with Crippen LogP contribution in [0.3, 0.4) is 0 Å². The van der Waals surface area contributed by atoms with Crippen molar-refractivity contribution in [1.29, 1.82) is 0 Å². The fourth-order valence-electron chi connectivity index (χ4n) is 1.52. The molecular weight excluding hydrogens is 352 g/mol. The zero-order chi connectivity index (χ0) is 14.9. The van der Waals surface area contributed by atoms with E-state index in [4.69, 9.17) is 9.26 Å². The SMILES string of the molecule is CCCCS/N=C/c1onc(OCc2ccccc2)c1Br. The minimum absolute atomic E-state index is 0.443. The van der Waals surface area contributed by atoms with Gasteiger partial charge in [0.15, 0.2) is 5.76 Å². The van der Waals surface area contributed by atoms with Gasteiger partial charge >= 0.3 is 0 Å². The maximum Gasteiger partial charge on any atom is 0.269 e. The minimum atomic E-state index is 0.443. The third kappa shape index (κ3) is 5.21. The van der Waals surface area contributed by atoms with Crippen LogP contribution >= 0.6 is 27.9 Å². The molecule has 0 atom stereocenters. The second kappa shape index (κ2) is 8.89. The van der Waals surface area contributed by atoms with E-state index in [0.717, 1.165) is 17.7 Å². The van der Waals surface area contributed by atoms with Gasteiger partial charge in [0.05, 0.1) is 6.21 Å². The van der Waals surface area contributed by atoms with Crippen LogP contribution in [0, 0.1) is 0 Å². The number of rotatable bonds is 8. The van der Waals surface area contributed by atoms with Crippen LogP contribution in [0.2, 0.25) is 0 Å². The van der Waals surface area contributed by atoms with E-state index in [0.29, 0.717) is 22.7 Å². The van der Waals surface area contributed by atoms with Crippen molar-refractivity contribution >= 4 is 34.1 Å². The fourth-order valence-corrected chi connectivity index (χ4v) is 2.57. The summed E-state index contributed by atoms with van der Waals surface area (Å²) in [7, 11) is 0. The Morgan fingerprint density at radius 2 is 2.19 bits per heavy atom. The van der Waals surface area contributed by atoms with Crippen molar-refractivity contribution in [2.45, 2.75) is 26.4 Å². The Morgan fingerprint density at radius 3 is 2.95 bits per heavy atom. The summed E-state index contributed by atoms with van der Waals surface area (Å²) in [5, 5.41) is 3.90. The highest BCUT2D eigenvalue weighted by atomic mass is 79.9. The van der Waals surface area contributed by atoms with Crippen LogP contribution in [0.15, 0.2) is 43.7 Å². The van der Waals surface area contributed by atoms with E-state index in [9.17, 15) is 0 Å². The molecule has 0 aliphatic carbocycles. The van der Waals surface area contributed by atoms with Crippen LogP contribution in [0.5, 0.6) is 5.88 Å². The van der Waals surface area contributed by atoms with E-state index in [2.05, 4.69) is 32.4 Å². The molecule has 4 nitrogen and oxygen atoms in total. The van der Waals surface area contributed by atoms with Gasteiger partial charge in [0, 0.05) is 5.75 Å². The van der Waals surface area contributed by atoms with E-state index < -0.39 is 0 Å². The van der Waals surface area contributed by atoms with Crippen LogP contribution in [0.4, 0.5) is 0 Å². The molecule has 0 saturated heterocycles. The van der Waals surface area contributed by atoms with Gasteiger partial charge in [0.1, 0.15) is 11.1 Å². The summed E-state index contributed by atoms with van der Waals surface area (Å²) in [5.74, 6) is 2.02. The molecule has 21 heavy (non-hydrogen) atoms. The molecule has 0 unspecified atom stereocenters. The smallest absolute Gasteiger partial charge is 0.269 e. The zero-order valence-corrected chi connectivity index (χ0v) is 14.2. The lowest BCUT2D eigenvalue weighted by atomic mass is 10.2. The number of benzene rings is 1. The normalized spacial score (nSPS) is 11.1. The largest absolute Gasteiger partial charge is 0.470 e. The lowest BCUT2D eigenvalue weighted by Crippen LogP contribution is -1.95. The minimum Gasteiger partial charge on any atom is -0.470 e. The third-order valence-corrected chi connectivity index (χ3v) is 4.14. The van der Waals surface area contributed by atoms with Crippen molar-refractivity contribution in [3.05, 3.63) is 46.1 Å². The van der Waals surface area contributed by atoms with Crippen LogP contribution in [0.1, 0.15) is 31.1 Å². The highest BCUT2D eigenvalue weighted by Gasteiger charge is 2.13. The molecule has 0 saturated carbocycles. The second-order valence-electron chi connectivity index (χ2n) is 4.36. The van der Waals surface area contributed by atoms with E-state index >= 15 is 0 Å². The highest BCUT2D eigenvalue weighted by molar-refractivity contribution is 9.10. The lowest BCUT2D eigenvalue weighted by Gasteiger charge is -2.02. The number of hydrogen-bond donors (Lipinski definition) is 0. The monoisotopic (exact) mass is 368 g/mol. The van der Waals surface area contributed by atoms with Gasteiger partial charge in [0.25, 0.3) is 5.88 Å². The molecule has 0 spiro atoms. The highest BCUT2D eigenvalue weighted by Crippen LogP contribution is 2.27. The first-order chi connectivity index (χ1) is 10.3. The first kappa shape index (κ1) is 16.1. The Morgan fingerprint density at radius 1 is 1.38 bits per heavy atom. The average molecular weight is 369 g/mol. The fraction of sp³-hybridized carbons (Fsp3) is 0.333. The molecule has 1 aromatic carbocycles. The van der Waals surface area contributed by atoms with Crippen molar-refractivity contribution in [2.75, 3.05) is 5.75 Å². The van der Waals surface area contributed by atoms with Crippen molar-refractivity contribution in [3.8, 4) is 5.88 Å². The molecule has 0 aliphatic heterocycles. The van der Waals surface area contributed by atoms with Crippen LogP contribution in [-0.4, -0.2) is 17.1 Å². The van der Waals surface area contributed by atoms with E-state index in [1.807, 2.05) is 30.3 Å². The summed E-state index contributed by atoms with van der Waals surface area (Å²) in [4.78, 5) is 0. The van der Waals surface area contributed by atoms with Crippen LogP contribution in [0.25, 0.3) is 0 Å². The van der Waals surface area contributed by atoms with Crippen LogP contribution in [-0.2, 0) is 6.61 Å². The summed E-state index contributed by atoms with van der Waals surface area (Å²) < 4.78 is 15.8. The Labute approximate surface area is 137 Å². The molecule has 112 valence electrons. The number of unbranched alkanes of at least 4 members (excludes halogenated alkanes) is 1. The Hall–Kier alpha value is -1.27. The molecule has 0 N–H and O–H groups in total. The molecule has 0 aliphatic rings. The summed E-state index contributed by atoms with van der Waals surface area (Å²) >= 11 is 4.95. The van der Waals surface area contributed by atoms with Crippen LogP contribution < -0.4 is 4.74 Å². The molecule has 0 radical (unpaired) electrons. The maximum atomic E-state index is 5.63. The van der Waals surface area contributed by atoms with Gasteiger partial charge in [-0.15, -0.1) is 0 Å². The molecule has 2 aromatic rings. The lowest BCUT2D eigenvalue weighted by molar-refractivity contribution is 0.268. The molecule has 1 aromatic heterocycles. The molecule has 0 bridgehead atoms. The molecular formula is C15H17BrN2O2S. The van der Waals surface area contributed by atoms with Crippen molar-refractivity contribution in [2.24, 2.45) is 4.40 Å². The summed E-state index contributed by atoms with van der Waals surface area (Å²) in [6.45, 7) is 2.61. The number of nitrogens with zero attached hydrogens (tertiary/aromatic N) is 2. The molecule has 0 amide bonds. The van der Waals surface area contributed by atoms with Crippen molar-refractivity contribution < 1.29 is 9.26 Å². The summed E-state index contributed by atoms with van der Waals surface area (Å²) in [5.41, 5.74) is 1.08. The number of halogens is 1. The Kier molecular flexibility index (Phi) is 6.82. The Balaban J connectivity index is 1.88. The predicted molar refractivity (Wildman–Crippen MR) is 89.9 cm³/mol. The molecule has 2 rings (SSSR count). The maximum absolute atomic E-state index is 5.63. The quantitative estimate of drug-likeness (QED) is 0.378. The standard InChI is InChI=1S/C15H17BrN2O2S/c1-2-3-9-21-17-10-13-14(16)15(18-20-13)19-11-12-7-5-4-6-8-12/h4-8,10H,2-3,9,11H2,1H3/b17-10+. The van der Waals surface area contributed by atoms with Gasteiger partial charge in [-0.3, -0.25) is 0 Å². The molecule has 6 heteroatoms. The molecule has 0 fully saturated rings. The van der Waals surface area contributed by atoms with Gasteiger partial charge in [-0.25, -0.2) is 4.40 Å². The van der Waals surface area contributed by atoms with E-state index in [1.165, 1.54) is 18.4 Å². The van der Waals surface area contributed by atoms with E-state index in [1.54, 1.807) is 6.21 Å². The van der Waals surface area contributed by atoms with Crippen molar-refractivity contribution in [3.63, 3.8) is 0 Å². The second-order valence-corrected chi connectivity index (χ2v) is 6.03. The van der Waals surface area contributed by atoms with Gasteiger partial charge in [0.2, 0.25) is 0 Å². The van der Waals surface area contributed by atoms with E-state index in [-0.39, 0.29) is 0 Å². The van der Waals surface area contributed by atoms with Gasteiger partial charge in [-0.05, 0) is 45.0 Å². The van der Waals surface area contributed by atoms with Gasteiger partial charge < -0.3 is 9.26 Å². The molecule has 1 heterocycles. The topological polar surface area (TPSA) is 47.6 Å². The summed E-state index contributed by atoms with van der Waals surface area (Å²) in [6, 6.07) is 9.92.